The first-order valence-corrected chi connectivity index (χ1v) is 8.64. The second-order valence-corrected chi connectivity index (χ2v) is 8.27. The predicted molar refractivity (Wildman–Crippen MR) is 93.3 cm³/mol. The molecule has 2 rings (SSSR count). The molecule has 1 nitrogen and oxygen atoms in total. The molecule has 0 heterocycles. The lowest BCUT2D eigenvalue weighted by molar-refractivity contribution is 0.395. The standard InChI is InChI=1S/C18H27Cl2N/c1-6-9-21-15(16-17(2,3)18(16,4)5)10-12-7-8-13(19)11-14(12)20/h7-8,11,15-16,21H,6,9-10H2,1-5H3. The van der Waals surface area contributed by atoms with Crippen LogP contribution in [-0.4, -0.2) is 12.6 Å². The summed E-state index contributed by atoms with van der Waals surface area (Å²) in [4.78, 5) is 0. The molecule has 1 unspecified atom stereocenters. The molecule has 0 spiro atoms. The maximum absolute atomic E-state index is 6.36. The maximum atomic E-state index is 6.36. The Bertz CT molecular complexity index is 494. The van der Waals surface area contributed by atoms with Crippen LogP contribution in [0.4, 0.5) is 0 Å². The summed E-state index contributed by atoms with van der Waals surface area (Å²) in [7, 11) is 0. The smallest absolute Gasteiger partial charge is 0.0453 e. The van der Waals surface area contributed by atoms with Crippen molar-refractivity contribution in [3.63, 3.8) is 0 Å². The molecule has 1 fully saturated rings. The Morgan fingerprint density at radius 1 is 1.14 bits per heavy atom. The number of hydrogen-bond acceptors (Lipinski definition) is 1. The first-order valence-electron chi connectivity index (χ1n) is 7.89. The van der Waals surface area contributed by atoms with Gasteiger partial charge in [-0.25, -0.2) is 0 Å². The average molecular weight is 328 g/mol. The largest absolute Gasteiger partial charge is 0.313 e. The number of nitrogens with one attached hydrogen (secondary N) is 1. The molecule has 1 saturated carbocycles. The fraction of sp³-hybridized carbons (Fsp3) is 0.667. The quantitative estimate of drug-likeness (QED) is 0.718. The van der Waals surface area contributed by atoms with E-state index in [0.29, 0.717) is 27.8 Å². The van der Waals surface area contributed by atoms with Gasteiger partial charge in [-0.15, -0.1) is 0 Å². The zero-order valence-electron chi connectivity index (χ0n) is 13.8. The SMILES string of the molecule is CCCNC(Cc1ccc(Cl)cc1Cl)C1C(C)(C)C1(C)C. The van der Waals surface area contributed by atoms with Gasteiger partial charge in [-0.2, -0.15) is 0 Å². The number of hydrogen-bond donors (Lipinski definition) is 1. The molecule has 1 atom stereocenters. The summed E-state index contributed by atoms with van der Waals surface area (Å²) in [6.45, 7) is 12.8. The van der Waals surface area contributed by atoms with E-state index in [2.05, 4.69) is 46.0 Å². The van der Waals surface area contributed by atoms with Crippen LogP contribution in [-0.2, 0) is 6.42 Å². The van der Waals surface area contributed by atoms with E-state index in [1.807, 2.05) is 12.1 Å². The van der Waals surface area contributed by atoms with Gasteiger partial charge in [0.15, 0.2) is 0 Å². The Labute approximate surface area is 139 Å². The molecule has 3 heteroatoms. The Morgan fingerprint density at radius 2 is 1.76 bits per heavy atom. The van der Waals surface area contributed by atoms with E-state index >= 15 is 0 Å². The summed E-state index contributed by atoms with van der Waals surface area (Å²) in [6.07, 6.45) is 2.12. The van der Waals surface area contributed by atoms with Crippen LogP contribution in [0.1, 0.15) is 46.6 Å². The minimum Gasteiger partial charge on any atom is -0.313 e. The lowest BCUT2D eigenvalue weighted by Gasteiger charge is -2.22. The summed E-state index contributed by atoms with van der Waals surface area (Å²) in [5.41, 5.74) is 1.93. The molecule has 0 aliphatic heterocycles. The molecule has 21 heavy (non-hydrogen) atoms. The van der Waals surface area contributed by atoms with Crippen LogP contribution in [0.5, 0.6) is 0 Å². The van der Waals surface area contributed by atoms with Gasteiger partial charge in [0, 0.05) is 16.1 Å². The van der Waals surface area contributed by atoms with Gasteiger partial charge in [-0.3, -0.25) is 0 Å². The molecule has 0 radical (unpaired) electrons. The number of rotatable bonds is 6. The van der Waals surface area contributed by atoms with Crippen molar-refractivity contribution in [2.75, 3.05) is 6.54 Å². The van der Waals surface area contributed by atoms with Crippen LogP contribution in [0.3, 0.4) is 0 Å². The molecule has 0 amide bonds. The second kappa shape index (κ2) is 6.10. The van der Waals surface area contributed by atoms with Crippen LogP contribution in [0.15, 0.2) is 18.2 Å². The predicted octanol–water partition coefficient (Wildman–Crippen LogP) is 5.59. The number of halogens is 2. The Balaban J connectivity index is 2.18. The third kappa shape index (κ3) is 3.25. The van der Waals surface area contributed by atoms with Crippen molar-refractivity contribution in [3.8, 4) is 0 Å². The van der Waals surface area contributed by atoms with E-state index in [0.717, 1.165) is 24.4 Å². The normalized spacial score (nSPS) is 21.3. The van der Waals surface area contributed by atoms with Crippen molar-refractivity contribution < 1.29 is 0 Å². The van der Waals surface area contributed by atoms with Crippen molar-refractivity contribution in [2.45, 2.75) is 53.5 Å². The topological polar surface area (TPSA) is 12.0 Å². The van der Waals surface area contributed by atoms with Crippen molar-refractivity contribution >= 4 is 23.2 Å². The van der Waals surface area contributed by atoms with Crippen LogP contribution >= 0.6 is 23.2 Å². The molecule has 1 aliphatic rings. The van der Waals surface area contributed by atoms with Crippen molar-refractivity contribution in [1.82, 2.24) is 5.32 Å². The fourth-order valence-electron chi connectivity index (χ4n) is 3.82. The van der Waals surface area contributed by atoms with E-state index in [4.69, 9.17) is 23.2 Å². The molecule has 118 valence electrons. The van der Waals surface area contributed by atoms with E-state index < -0.39 is 0 Å². The minimum atomic E-state index is 0.372. The summed E-state index contributed by atoms with van der Waals surface area (Å²) < 4.78 is 0. The van der Waals surface area contributed by atoms with Gasteiger partial charge in [0.2, 0.25) is 0 Å². The second-order valence-electron chi connectivity index (χ2n) is 7.42. The molecule has 1 aliphatic carbocycles. The molecule has 0 aromatic heterocycles. The average Bonchev–Trinajstić information content (AvgIpc) is 2.78. The molecule has 1 N–H and O–H groups in total. The Morgan fingerprint density at radius 3 is 2.24 bits per heavy atom. The highest BCUT2D eigenvalue weighted by Gasteiger charge is 2.66. The highest BCUT2D eigenvalue weighted by atomic mass is 35.5. The van der Waals surface area contributed by atoms with Crippen LogP contribution < -0.4 is 5.32 Å². The molecule has 0 bridgehead atoms. The molecular weight excluding hydrogens is 301 g/mol. The van der Waals surface area contributed by atoms with Crippen LogP contribution in [0, 0.1) is 16.7 Å². The van der Waals surface area contributed by atoms with Gasteiger partial charge in [-0.1, -0.05) is 63.9 Å². The Hall–Kier alpha value is -0.240. The maximum Gasteiger partial charge on any atom is 0.0453 e. The van der Waals surface area contributed by atoms with E-state index in [1.54, 1.807) is 0 Å². The van der Waals surface area contributed by atoms with E-state index in [-0.39, 0.29) is 0 Å². The lowest BCUT2D eigenvalue weighted by Crippen LogP contribution is -2.36. The number of benzene rings is 1. The summed E-state index contributed by atoms with van der Waals surface area (Å²) in [5.74, 6) is 0.670. The van der Waals surface area contributed by atoms with Crippen molar-refractivity contribution in [1.29, 1.82) is 0 Å². The molecular formula is C18H27Cl2N. The zero-order chi connectivity index (χ0) is 15.8. The summed E-state index contributed by atoms with van der Waals surface area (Å²) in [5, 5.41) is 5.22. The fourth-order valence-corrected chi connectivity index (χ4v) is 4.30. The summed E-state index contributed by atoms with van der Waals surface area (Å²) >= 11 is 12.4. The highest BCUT2D eigenvalue weighted by molar-refractivity contribution is 6.35. The summed E-state index contributed by atoms with van der Waals surface area (Å²) in [6, 6.07) is 6.31. The zero-order valence-corrected chi connectivity index (χ0v) is 15.3. The van der Waals surface area contributed by atoms with E-state index in [1.165, 1.54) is 5.56 Å². The monoisotopic (exact) mass is 327 g/mol. The van der Waals surface area contributed by atoms with Gasteiger partial charge in [-0.05, 0) is 53.8 Å². The van der Waals surface area contributed by atoms with Gasteiger partial charge in [0.25, 0.3) is 0 Å². The van der Waals surface area contributed by atoms with E-state index in [9.17, 15) is 0 Å². The third-order valence-electron chi connectivity index (χ3n) is 5.65. The van der Waals surface area contributed by atoms with Crippen molar-refractivity contribution in [3.05, 3.63) is 33.8 Å². The molecule has 1 aromatic carbocycles. The molecule has 1 aromatic rings. The first kappa shape index (κ1) is 17.1. The van der Waals surface area contributed by atoms with Gasteiger partial charge in [0.1, 0.15) is 0 Å². The Kier molecular flexibility index (Phi) is 4.97. The minimum absolute atomic E-state index is 0.372. The van der Waals surface area contributed by atoms with Gasteiger partial charge in [0.05, 0.1) is 0 Å². The van der Waals surface area contributed by atoms with Crippen molar-refractivity contribution in [2.24, 2.45) is 16.7 Å². The lowest BCUT2D eigenvalue weighted by atomic mass is 9.96. The first-order chi connectivity index (χ1) is 9.71. The van der Waals surface area contributed by atoms with Gasteiger partial charge < -0.3 is 5.32 Å². The third-order valence-corrected chi connectivity index (χ3v) is 6.23. The highest BCUT2D eigenvalue weighted by Crippen LogP contribution is 2.69. The van der Waals surface area contributed by atoms with Gasteiger partial charge >= 0.3 is 0 Å². The van der Waals surface area contributed by atoms with Crippen LogP contribution in [0.25, 0.3) is 0 Å². The molecule has 0 saturated heterocycles. The van der Waals surface area contributed by atoms with Crippen LogP contribution in [0.2, 0.25) is 10.0 Å².